The van der Waals surface area contributed by atoms with Crippen molar-refractivity contribution < 1.29 is 13.2 Å². The molecule has 0 unspecified atom stereocenters. The Bertz CT molecular complexity index is 785. The Balaban J connectivity index is 1.86. The van der Waals surface area contributed by atoms with E-state index in [1.165, 1.54) is 4.31 Å². The molecular weight excluding hydrogens is 330 g/mol. The fraction of sp³-hybridized carbons (Fsp3) is 0.400. The summed E-state index contributed by atoms with van der Waals surface area (Å²) in [4.78, 5) is 12.9. The molecule has 1 N–H and O–H groups in total. The fourth-order valence-electron chi connectivity index (χ4n) is 2.46. The van der Waals surface area contributed by atoms with E-state index in [2.05, 4.69) is 20.3 Å². The zero-order valence-corrected chi connectivity index (χ0v) is 14.1. The number of morpholine rings is 1. The molecule has 1 aliphatic heterocycles. The Morgan fingerprint density at radius 3 is 2.88 bits per heavy atom. The highest BCUT2D eigenvalue weighted by molar-refractivity contribution is 7.89. The third-order valence-electron chi connectivity index (χ3n) is 3.69. The summed E-state index contributed by atoms with van der Waals surface area (Å²) in [7, 11) is -3.35. The number of hydrogen-bond acceptors (Lipinski definition) is 7. The minimum Gasteiger partial charge on any atom is -0.378 e. The summed E-state index contributed by atoms with van der Waals surface area (Å²) in [6.07, 6.45) is 3.27. The smallest absolute Gasteiger partial charge is 0.214 e. The number of anilines is 2. The minimum absolute atomic E-state index is 0.0371. The van der Waals surface area contributed by atoms with Gasteiger partial charge in [0, 0.05) is 18.9 Å². The first kappa shape index (κ1) is 16.7. The average Bonchev–Trinajstić information content (AvgIpc) is 2.63. The fourth-order valence-corrected chi connectivity index (χ4v) is 3.69. The van der Waals surface area contributed by atoms with E-state index in [-0.39, 0.29) is 12.4 Å². The highest BCUT2D eigenvalue weighted by atomic mass is 32.2. The van der Waals surface area contributed by atoms with Crippen molar-refractivity contribution in [3.8, 4) is 0 Å². The van der Waals surface area contributed by atoms with Crippen molar-refractivity contribution in [2.75, 3.05) is 30.8 Å². The highest BCUT2D eigenvalue weighted by Crippen LogP contribution is 2.25. The second-order valence-corrected chi connectivity index (χ2v) is 7.45. The Morgan fingerprint density at radius 1 is 1.25 bits per heavy atom. The van der Waals surface area contributed by atoms with Crippen LogP contribution in [-0.2, 0) is 14.8 Å². The maximum atomic E-state index is 12.3. The third-order valence-corrected chi connectivity index (χ3v) is 5.58. The van der Waals surface area contributed by atoms with Gasteiger partial charge in [0.15, 0.2) is 5.82 Å². The molecule has 1 aliphatic rings. The number of sulfonamides is 1. The molecule has 0 saturated carbocycles. The van der Waals surface area contributed by atoms with Gasteiger partial charge in [-0.25, -0.2) is 23.4 Å². The molecule has 3 rings (SSSR count). The second kappa shape index (κ2) is 7.20. The summed E-state index contributed by atoms with van der Waals surface area (Å²) in [6, 6.07) is 6.69. The number of aromatic nitrogens is 3. The van der Waals surface area contributed by atoms with Crippen LogP contribution in [0.2, 0.25) is 0 Å². The van der Waals surface area contributed by atoms with Crippen LogP contribution in [0.25, 0.3) is 0 Å². The van der Waals surface area contributed by atoms with E-state index in [0.29, 0.717) is 30.6 Å². The number of rotatable bonds is 5. The van der Waals surface area contributed by atoms with Crippen LogP contribution in [0.15, 0.2) is 36.7 Å². The molecule has 1 fully saturated rings. The molecule has 0 aromatic carbocycles. The van der Waals surface area contributed by atoms with Gasteiger partial charge in [-0.3, -0.25) is 0 Å². The van der Waals surface area contributed by atoms with Crippen molar-refractivity contribution in [1.82, 2.24) is 19.3 Å². The van der Waals surface area contributed by atoms with Gasteiger partial charge in [0.1, 0.15) is 17.7 Å². The van der Waals surface area contributed by atoms with Crippen molar-refractivity contribution >= 4 is 21.7 Å². The molecule has 0 aliphatic carbocycles. The van der Waals surface area contributed by atoms with E-state index in [1.807, 2.05) is 18.2 Å². The van der Waals surface area contributed by atoms with Crippen LogP contribution in [0.1, 0.15) is 18.8 Å². The quantitative estimate of drug-likeness (QED) is 0.870. The van der Waals surface area contributed by atoms with Gasteiger partial charge >= 0.3 is 0 Å². The summed E-state index contributed by atoms with van der Waals surface area (Å²) < 4.78 is 31.5. The second-order valence-electron chi connectivity index (χ2n) is 5.24. The molecule has 0 amide bonds. The number of ether oxygens (including phenoxy) is 1. The van der Waals surface area contributed by atoms with Gasteiger partial charge in [0.2, 0.25) is 10.0 Å². The molecular formula is C15H19N5O3S. The molecule has 0 spiro atoms. The third kappa shape index (κ3) is 3.69. The van der Waals surface area contributed by atoms with Gasteiger partial charge in [-0.15, -0.1) is 0 Å². The number of nitrogens with one attached hydrogen (secondary N) is 1. The first-order valence-corrected chi connectivity index (χ1v) is 9.29. The van der Waals surface area contributed by atoms with Gasteiger partial charge < -0.3 is 10.1 Å². The van der Waals surface area contributed by atoms with Crippen molar-refractivity contribution in [1.29, 1.82) is 0 Å². The lowest BCUT2D eigenvalue weighted by atomic mass is 10.2. The molecule has 8 nitrogen and oxygen atoms in total. The lowest BCUT2D eigenvalue weighted by Gasteiger charge is -2.33. The van der Waals surface area contributed by atoms with E-state index in [4.69, 9.17) is 4.74 Å². The van der Waals surface area contributed by atoms with Gasteiger partial charge in [0.05, 0.1) is 19.0 Å². The van der Waals surface area contributed by atoms with Crippen molar-refractivity contribution in [2.45, 2.75) is 13.0 Å². The van der Waals surface area contributed by atoms with Gasteiger partial charge in [0.25, 0.3) is 0 Å². The Hall–Kier alpha value is -2.10. The minimum atomic E-state index is -3.35. The molecule has 1 atom stereocenters. The SMILES string of the molecule is CCS(=O)(=O)N1CCOC[C@@H]1c1nccc(Nc2ccccn2)n1. The van der Waals surface area contributed by atoms with E-state index < -0.39 is 16.1 Å². The zero-order valence-electron chi connectivity index (χ0n) is 13.3. The lowest BCUT2D eigenvalue weighted by Crippen LogP contribution is -2.44. The number of pyridine rings is 1. The standard InChI is InChI=1S/C15H19N5O3S/c1-2-24(21,22)20-9-10-23-11-12(20)15-17-8-6-14(19-15)18-13-5-3-4-7-16-13/h3-8,12H,2,9-11H2,1H3,(H,16,17,18,19)/t12-/m1/s1. The first-order chi connectivity index (χ1) is 11.6. The molecule has 2 aromatic rings. The van der Waals surface area contributed by atoms with Crippen LogP contribution in [-0.4, -0.2) is 53.2 Å². The van der Waals surface area contributed by atoms with Crippen LogP contribution in [0, 0.1) is 0 Å². The normalized spacial score (nSPS) is 19.1. The number of hydrogen-bond donors (Lipinski definition) is 1. The van der Waals surface area contributed by atoms with Crippen LogP contribution < -0.4 is 5.32 Å². The summed E-state index contributed by atoms with van der Waals surface area (Å²) >= 11 is 0. The molecule has 9 heteroatoms. The number of nitrogens with zero attached hydrogens (tertiary/aromatic N) is 4. The van der Waals surface area contributed by atoms with Crippen molar-refractivity contribution in [2.24, 2.45) is 0 Å². The zero-order chi connectivity index (χ0) is 17.0. The first-order valence-electron chi connectivity index (χ1n) is 7.68. The van der Waals surface area contributed by atoms with Gasteiger partial charge in [-0.2, -0.15) is 4.31 Å². The van der Waals surface area contributed by atoms with Crippen LogP contribution in [0.3, 0.4) is 0 Å². The van der Waals surface area contributed by atoms with Gasteiger partial charge in [-0.1, -0.05) is 6.07 Å². The van der Waals surface area contributed by atoms with E-state index in [1.54, 1.807) is 25.4 Å². The Labute approximate surface area is 141 Å². The van der Waals surface area contributed by atoms with Gasteiger partial charge in [-0.05, 0) is 25.1 Å². The molecule has 128 valence electrons. The van der Waals surface area contributed by atoms with Crippen molar-refractivity contribution in [3.63, 3.8) is 0 Å². The summed E-state index contributed by atoms with van der Waals surface area (Å²) in [5, 5.41) is 3.08. The Morgan fingerprint density at radius 2 is 2.12 bits per heavy atom. The van der Waals surface area contributed by atoms with Crippen molar-refractivity contribution in [3.05, 3.63) is 42.5 Å². The topological polar surface area (TPSA) is 97.3 Å². The lowest BCUT2D eigenvalue weighted by molar-refractivity contribution is 0.0291. The Kier molecular flexibility index (Phi) is 5.03. The molecule has 0 bridgehead atoms. The maximum absolute atomic E-state index is 12.3. The monoisotopic (exact) mass is 349 g/mol. The molecule has 2 aromatic heterocycles. The van der Waals surface area contributed by atoms with Crippen LogP contribution >= 0.6 is 0 Å². The average molecular weight is 349 g/mol. The molecule has 0 radical (unpaired) electrons. The van der Waals surface area contributed by atoms with E-state index in [0.717, 1.165) is 0 Å². The maximum Gasteiger partial charge on any atom is 0.214 e. The largest absolute Gasteiger partial charge is 0.378 e. The summed E-state index contributed by atoms with van der Waals surface area (Å²) in [5.74, 6) is 1.65. The molecule has 24 heavy (non-hydrogen) atoms. The van der Waals surface area contributed by atoms with E-state index in [9.17, 15) is 8.42 Å². The molecule has 3 heterocycles. The highest BCUT2D eigenvalue weighted by Gasteiger charge is 2.34. The van der Waals surface area contributed by atoms with E-state index >= 15 is 0 Å². The summed E-state index contributed by atoms with van der Waals surface area (Å²) in [5.41, 5.74) is 0. The van der Waals surface area contributed by atoms with Crippen LogP contribution in [0.5, 0.6) is 0 Å². The van der Waals surface area contributed by atoms with Crippen LogP contribution in [0.4, 0.5) is 11.6 Å². The summed E-state index contributed by atoms with van der Waals surface area (Å²) in [6.45, 7) is 2.55. The predicted molar refractivity (Wildman–Crippen MR) is 89.3 cm³/mol. The predicted octanol–water partition coefficient (Wildman–Crippen LogP) is 1.34. The molecule has 1 saturated heterocycles.